The number of hydrogen-bond donors (Lipinski definition) is 8. The first-order valence-corrected chi connectivity index (χ1v) is 12.8. The summed E-state index contributed by atoms with van der Waals surface area (Å²) in [5, 5.41) is 21.0. The highest BCUT2D eigenvalue weighted by atomic mass is 32.1. The predicted molar refractivity (Wildman–Crippen MR) is 142 cm³/mol. The predicted octanol–water partition coefficient (Wildman–Crippen LogP) is -0.243. The molecule has 0 aliphatic carbocycles. The number of nitrogens with one attached hydrogen (secondary N) is 5. The largest absolute Gasteiger partial charge is 0.490 e. The second kappa shape index (κ2) is 21.3. The van der Waals surface area contributed by atoms with Gasteiger partial charge >= 0.3 is 12.1 Å². The van der Waals surface area contributed by atoms with Crippen molar-refractivity contribution in [3.8, 4) is 0 Å². The van der Waals surface area contributed by atoms with Crippen LogP contribution in [0, 0.1) is 5.92 Å². The summed E-state index contributed by atoms with van der Waals surface area (Å²) in [5.41, 5.74) is 0. The number of Topliss-reactive ketones (excluding diaryl/α,β-unsaturated/α-hetero) is 1. The maximum absolute atomic E-state index is 12.3. The molecule has 220 valence electrons. The van der Waals surface area contributed by atoms with Crippen LogP contribution < -0.4 is 26.6 Å². The normalized spacial score (nSPS) is 13.5. The van der Waals surface area contributed by atoms with Gasteiger partial charge in [0, 0.05) is 32.5 Å². The van der Waals surface area contributed by atoms with E-state index in [2.05, 4.69) is 56.8 Å². The lowest BCUT2D eigenvalue weighted by molar-refractivity contribution is -0.192. The molecular formula is C21H37F3N6O6S2. The van der Waals surface area contributed by atoms with Gasteiger partial charge in [0.2, 0.25) is 17.7 Å². The van der Waals surface area contributed by atoms with Crippen LogP contribution in [0.5, 0.6) is 0 Å². The minimum atomic E-state index is -5.08. The summed E-state index contributed by atoms with van der Waals surface area (Å²) in [6, 6.07) is -0.716. The molecule has 0 spiro atoms. The van der Waals surface area contributed by atoms with Gasteiger partial charge in [-0.2, -0.15) is 38.4 Å². The molecule has 0 aromatic heterocycles. The monoisotopic (exact) mass is 590 g/mol. The van der Waals surface area contributed by atoms with E-state index in [1.165, 1.54) is 13.8 Å². The Labute approximate surface area is 230 Å². The number of nitrogens with zero attached hydrogens (tertiary/aromatic N) is 1. The molecule has 1 aliphatic rings. The van der Waals surface area contributed by atoms with Crippen LogP contribution in [0.25, 0.3) is 0 Å². The molecule has 3 amide bonds. The van der Waals surface area contributed by atoms with E-state index in [4.69, 9.17) is 9.90 Å². The molecule has 17 heteroatoms. The van der Waals surface area contributed by atoms with E-state index in [1.807, 2.05) is 0 Å². The van der Waals surface area contributed by atoms with E-state index in [0.717, 1.165) is 30.6 Å². The molecule has 0 unspecified atom stereocenters. The average Bonchev–Trinajstić information content (AvgIpc) is 3.36. The minimum absolute atomic E-state index is 0.0163. The molecule has 1 rings (SSSR count). The Morgan fingerprint density at radius 1 is 1.11 bits per heavy atom. The number of guanidine groups is 1. The second-order valence-electron chi connectivity index (χ2n) is 7.76. The van der Waals surface area contributed by atoms with Crippen LogP contribution in [0.15, 0.2) is 4.99 Å². The Morgan fingerprint density at radius 3 is 2.11 bits per heavy atom. The third-order valence-electron chi connectivity index (χ3n) is 4.40. The zero-order valence-electron chi connectivity index (χ0n) is 21.5. The number of carbonyl (C=O) groups excluding carboxylic acids is 4. The topological polar surface area (TPSA) is 178 Å². The van der Waals surface area contributed by atoms with Crippen LogP contribution in [0.3, 0.4) is 0 Å². The summed E-state index contributed by atoms with van der Waals surface area (Å²) >= 11 is 7.69. The molecule has 0 saturated heterocycles. The number of halogens is 3. The highest BCUT2D eigenvalue weighted by molar-refractivity contribution is 7.84. The summed E-state index contributed by atoms with van der Waals surface area (Å²) < 4.78 is 31.7. The second-order valence-corrected chi connectivity index (χ2v) is 8.66. The molecule has 2 atom stereocenters. The van der Waals surface area contributed by atoms with Crippen LogP contribution in [-0.2, 0) is 24.0 Å². The van der Waals surface area contributed by atoms with Gasteiger partial charge < -0.3 is 31.7 Å². The smallest absolute Gasteiger partial charge is 0.475 e. The van der Waals surface area contributed by atoms with Crippen molar-refractivity contribution in [1.29, 1.82) is 0 Å². The lowest BCUT2D eigenvalue weighted by Gasteiger charge is -2.18. The van der Waals surface area contributed by atoms with E-state index in [9.17, 15) is 32.3 Å². The molecule has 38 heavy (non-hydrogen) atoms. The Bertz CT molecular complexity index is 800. The number of aliphatic imine (C=N–C) groups is 1. The van der Waals surface area contributed by atoms with Crippen molar-refractivity contribution in [2.24, 2.45) is 10.9 Å². The molecule has 0 bridgehead atoms. The number of hydrogen-bond acceptors (Lipinski definition) is 10. The van der Waals surface area contributed by atoms with Crippen LogP contribution >= 0.6 is 25.3 Å². The molecule has 0 fully saturated rings. The fourth-order valence-electron chi connectivity index (χ4n) is 2.31. The molecule has 0 aromatic rings. The zero-order chi connectivity index (χ0) is 29.7. The maximum atomic E-state index is 12.3. The van der Waals surface area contributed by atoms with Crippen LogP contribution in [0.2, 0.25) is 0 Å². The number of thiol groups is 2. The van der Waals surface area contributed by atoms with Crippen molar-refractivity contribution in [2.75, 3.05) is 44.2 Å². The van der Waals surface area contributed by atoms with Crippen LogP contribution in [-0.4, -0.2) is 97.0 Å². The van der Waals surface area contributed by atoms with Gasteiger partial charge in [0.25, 0.3) is 0 Å². The molecule has 12 nitrogen and oxygen atoms in total. The minimum Gasteiger partial charge on any atom is -0.475 e. The number of aliphatic carboxylic acids is 1. The summed E-state index contributed by atoms with van der Waals surface area (Å²) in [4.78, 5) is 59.6. The molecule has 0 aromatic carbocycles. The Balaban J connectivity index is 0. The fraction of sp³-hybridized carbons (Fsp3) is 0.714. The van der Waals surface area contributed by atoms with E-state index < -0.39 is 24.1 Å². The van der Waals surface area contributed by atoms with Crippen LogP contribution in [0.4, 0.5) is 13.2 Å². The van der Waals surface area contributed by atoms with Gasteiger partial charge in [-0.25, -0.2) is 4.79 Å². The molecule has 0 saturated carbocycles. The third kappa shape index (κ3) is 21.4. The van der Waals surface area contributed by atoms with E-state index >= 15 is 0 Å². The van der Waals surface area contributed by atoms with Gasteiger partial charge in [-0.15, -0.1) is 0 Å². The standard InChI is InChI=1S/C17H30N6O4.C2HF3O2.C2H6S2/c1-11(12(2)24)9-21-15(26)10-22-16(27)14(23-13(3)25)5-4-6-18-17-19-7-8-20-17;3-2(4,5)1(6)7;3-1-2-4/h11,14H,4-10H2,1-3H3,(H,21,26)(H,22,27)(H,23,25)(H2,18,19,20);(H,6,7);3-4H,1-2H2/t11-,14-;;/m0../s1. The number of carboxylic acid groups (broad SMARTS) is 1. The number of carboxylic acids is 1. The number of rotatable bonds is 12. The van der Waals surface area contributed by atoms with Gasteiger partial charge in [-0.3, -0.25) is 24.2 Å². The third-order valence-corrected chi connectivity index (χ3v) is 5.20. The van der Waals surface area contributed by atoms with Crippen molar-refractivity contribution >= 4 is 60.7 Å². The van der Waals surface area contributed by atoms with E-state index in [0.29, 0.717) is 19.4 Å². The number of amides is 3. The molecule has 6 N–H and O–H groups in total. The highest BCUT2D eigenvalue weighted by Gasteiger charge is 2.38. The number of alkyl halides is 3. The molecule has 1 heterocycles. The number of carbonyl (C=O) groups is 5. The van der Waals surface area contributed by atoms with Crippen molar-refractivity contribution in [3.05, 3.63) is 0 Å². The maximum Gasteiger partial charge on any atom is 0.490 e. The van der Waals surface area contributed by atoms with Crippen molar-refractivity contribution in [1.82, 2.24) is 26.6 Å². The van der Waals surface area contributed by atoms with Gasteiger partial charge in [-0.05, 0) is 31.3 Å². The van der Waals surface area contributed by atoms with E-state index in [1.54, 1.807) is 6.92 Å². The van der Waals surface area contributed by atoms with E-state index in [-0.39, 0.29) is 36.6 Å². The molecule has 0 radical (unpaired) electrons. The first-order chi connectivity index (χ1) is 17.6. The van der Waals surface area contributed by atoms with Gasteiger partial charge in [0.15, 0.2) is 5.96 Å². The fourth-order valence-corrected chi connectivity index (χ4v) is 2.31. The Morgan fingerprint density at radius 2 is 1.68 bits per heavy atom. The Hall–Kier alpha value is -2.69. The number of ketones is 1. The average molecular weight is 591 g/mol. The van der Waals surface area contributed by atoms with Gasteiger partial charge in [0.1, 0.15) is 11.8 Å². The van der Waals surface area contributed by atoms with Crippen molar-refractivity contribution in [2.45, 2.75) is 45.8 Å². The van der Waals surface area contributed by atoms with Gasteiger partial charge in [-0.1, -0.05) is 6.92 Å². The first kappa shape index (κ1) is 37.5. The molecule has 1 aliphatic heterocycles. The lowest BCUT2D eigenvalue weighted by atomic mass is 10.1. The van der Waals surface area contributed by atoms with Crippen molar-refractivity contribution in [3.63, 3.8) is 0 Å². The molecular weight excluding hydrogens is 553 g/mol. The highest BCUT2D eigenvalue weighted by Crippen LogP contribution is 2.13. The summed E-state index contributed by atoms with van der Waals surface area (Å²) in [7, 11) is 0. The summed E-state index contributed by atoms with van der Waals surface area (Å²) in [6.07, 6.45) is -4.02. The summed E-state index contributed by atoms with van der Waals surface area (Å²) in [5.74, 6) is -1.67. The van der Waals surface area contributed by atoms with Crippen LogP contribution in [0.1, 0.15) is 33.6 Å². The first-order valence-electron chi connectivity index (χ1n) is 11.5. The van der Waals surface area contributed by atoms with Gasteiger partial charge in [0.05, 0.1) is 13.1 Å². The SMILES string of the molecule is CC(=O)N[C@@H](CCCNC1=NCCN1)C(=O)NCC(=O)NC[C@H](C)C(C)=O.O=C(O)C(F)(F)F.SCCS. The van der Waals surface area contributed by atoms with Crippen molar-refractivity contribution < 1.29 is 42.3 Å². The zero-order valence-corrected chi connectivity index (χ0v) is 23.3. The lowest BCUT2D eigenvalue weighted by Crippen LogP contribution is -2.49. The Kier molecular flexibility index (Phi) is 21.0. The summed E-state index contributed by atoms with van der Waals surface area (Å²) in [6.45, 7) is 6.69. The quantitative estimate of drug-likeness (QED) is 0.113.